The van der Waals surface area contributed by atoms with Gasteiger partial charge in [-0.1, -0.05) is 122 Å². The molecule has 0 bridgehead atoms. The number of likely N-dealkylation sites (tertiary alicyclic amines) is 1. The third-order valence-corrected chi connectivity index (χ3v) is 8.90. The highest BCUT2D eigenvalue weighted by Crippen LogP contribution is 2.41. The second kappa shape index (κ2) is 18.6. The number of hydrogen-bond acceptors (Lipinski definition) is 2. The maximum atomic E-state index is 10.5. The van der Waals surface area contributed by atoms with Crippen LogP contribution in [0.2, 0.25) is 0 Å². The Hall–Kier alpha value is -0.570. The van der Waals surface area contributed by atoms with Crippen LogP contribution in [0.15, 0.2) is 0 Å². The number of piperidine rings is 1. The Balaban J connectivity index is 1.79. The van der Waals surface area contributed by atoms with E-state index < -0.39 is 5.97 Å². The van der Waals surface area contributed by atoms with Gasteiger partial charge in [0.1, 0.15) is 0 Å². The molecule has 0 aromatic rings. The van der Waals surface area contributed by atoms with Crippen LogP contribution in [0.4, 0.5) is 0 Å². The maximum absolute atomic E-state index is 10.5. The molecule has 208 valence electrons. The predicted octanol–water partition coefficient (Wildman–Crippen LogP) is 10.2. The summed E-state index contributed by atoms with van der Waals surface area (Å²) >= 11 is 0. The fourth-order valence-electron chi connectivity index (χ4n) is 6.50. The molecule has 0 spiro atoms. The topological polar surface area (TPSA) is 40.5 Å². The minimum Gasteiger partial charge on any atom is -0.481 e. The van der Waals surface area contributed by atoms with Crippen molar-refractivity contribution in [3.8, 4) is 0 Å². The van der Waals surface area contributed by atoms with Crippen molar-refractivity contribution in [1.29, 1.82) is 0 Å². The van der Waals surface area contributed by atoms with E-state index >= 15 is 0 Å². The SMILES string of the molecule is CN1C(C)(C)CC(CCCCCCCCCCCCCCCCCCCCCC(=O)O)CC1(C)C. The Morgan fingerprint density at radius 1 is 0.600 bits per heavy atom. The number of unbranched alkanes of at least 4 members (excludes halogenated alkanes) is 18. The van der Waals surface area contributed by atoms with Gasteiger partial charge in [-0.2, -0.15) is 0 Å². The van der Waals surface area contributed by atoms with E-state index in [1.54, 1.807) is 0 Å². The fourth-order valence-corrected chi connectivity index (χ4v) is 6.50. The van der Waals surface area contributed by atoms with Gasteiger partial charge in [0, 0.05) is 17.5 Å². The summed E-state index contributed by atoms with van der Waals surface area (Å²) in [6.45, 7) is 9.72. The van der Waals surface area contributed by atoms with Crippen molar-refractivity contribution in [2.45, 2.75) is 186 Å². The Morgan fingerprint density at radius 2 is 0.886 bits per heavy atom. The molecule has 1 aliphatic heterocycles. The van der Waals surface area contributed by atoms with Gasteiger partial charge in [-0.05, 0) is 59.9 Å². The number of aliphatic carboxylic acids is 1. The van der Waals surface area contributed by atoms with Crippen molar-refractivity contribution in [2.75, 3.05) is 7.05 Å². The van der Waals surface area contributed by atoms with Crippen LogP contribution >= 0.6 is 0 Å². The zero-order valence-corrected chi connectivity index (χ0v) is 24.6. The highest BCUT2D eigenvalue weighted by molar-refractivity contribution is 5.66. The minimum atomic E-state index is -0.650. The van der Waals surface area contributed by atoms with Crippen LogP contribution in [0.5, 0.6) is 0 Å². The number of hydrogen-bond donors (Lipinski definition) is 1. The molecule has 1 rings (SSSR count). The molecule has 0 aromatic carbocycles. The summed E-state index contributed by atoms with van der Waals surface area (Å²) in [5.74, 6) is 0.265. The highest BCUT2D eigenvalue weighted by atomic mass is 16.4. The van der Waals surface area contributed by atoms with E-state index in [4.69, 9.17) is 5.11 Å². The molecular formula is C32H63NO2. The second-order valence-corrected chi connectivity index (χ2v) is 13.1. The first kappa shape index (κ1) is 32.5. The van der Waals surface area contributed by atoms with E-state index in [9.17, 15) is 4.79 Å². The van der Waals surface area contributed by atoms with Crippen LogP contribution in [0.3, 0.4) is 0 Å². The molecule has 1 fully saturated rings. The molecule has 1 aliphatic rings. The van der Waals surface area contributed by atoms with Crippen LogP contribution in [0.1, 0.15) is 175 Å². The molecule has 1 N–H and O–H groups in total. The summed E-state index contributed by atoms with van der Waals surface area (Å²) in [5, 5.41) is 8.63. The van der Waals surface area contributed by atoms with E-state index in [1.807, 2.05) is 0 Å². The Labute approximate surface area is 220 Å². The summed E-state index contributed by atoms with van der Waals surface area (Å²) in [5.41, 5.74) is 0.692. The lowest BCUT2D eigenvalue weighted by Crippen LogP contribution is -2.58. The monoisotopic (exact) mass is 493 g/mol. The molecule has 0 saturated carbocycles. The van der Waals surface area contributed by atoms with Crippen molar-refractivity contribution >= 4 is 5.97 Å². The molecule has 0 amide bonds. The van der Waals surface area contributed by atoms with Gasteiger partial charge in [-0.25, -0.2) is 0 Å². The number of carboxylic acid groups (broad SMARTS) is 1. The van der Waals surface area contributed by atoms with E-state index in [1.165, 1.54) is 128 Å². The van der Waals surface area contributed by atoms with E-state index in [0.29, 0.717) is 17.5 Å². The Kier molecular flexibility index (Phi) is 17.3. The quantitative estimate of drug-likeness (QED) is 0.152. The molecule has 1 saturated heterocycles. The van der Waals surface area contributed by atoms with E-state index in [2.05, 4.69) is 39.6 Å². The first-order valence-corrected chi connectivity index (χ1v) is 15.6. The van der Waals surface area contributed by atoms with Gasteiger partial charge in [0.25, 0.3) is 0 Å². The lowest BCUT2D eigenvalue weighted by Gasteiger charge is -2.54. The van der Waals surface area contributed by atoms with Gasteiger partial charge in [0.15, 0.2) is 0 Å². The summed E-state index contributed by atoms with van der Waals surface area (Å²) in [4.78, 5) is 13.1. The lowest BCUT2D eigenvalue weighted by molar-refractivity contribution is -0.137. The Bertz CT molecular complexity index is 510. The third-order valence-electron chi connectivity index (χ3n) is 8.90. The molecule has 0 atom stereocenters. The first-order chi connectivity index (χ1) is 16.6. The largest absolute Gasteiger partial charge is 0.481 e. The van der Waals surface area contributed by atoms with Crippen LogP contribution in [0, 0.1) is 5.92 Å². The average Bonchev–Trinajstić information content (AvgIpc) is 2.78. The standard InChI is InChI=1S/C32H63NO2/c1-31(2)27-29(28-32(3,4)33(31)5)25-23-21-19-17-15-13-11-9-7-6-8-10-12-14-16-18-20-22-24-26-30(34)35/h29H,6-28H2,1-5H3,(H,34,35). The van der Waals surface area contributed by atoms with Gasteiger partial charge >= 0.3 is 5.97 Å². The highest BCUT2D eigenvalue weighted by Gasteiger charge is 2.42. The predicted molar refractivity (Wildman–Crippen MR) is 153 cm³/mol. The average molecular weight is 494 g/mol. The van der Waals surface area contributed by atoms with Gasteiger partial charge in [0.2, 0.25) is 0 Å². The van der Waals surface area contributed by atoms with Gasteiger partial charge in [-0.15, -0.1) is 0 Å². The number of rotatable bonds is 22. The second-order valence-electron chi connectivity index (χ2n) is 13.1. The zero-order valence-electron chi connectivity index (χ0n) is 24.6. The normalized spacial score (nSPS) is 18.2. The number of carbonyl (C=O) groups is 1. The summed E-state index contributed by atoms with van der Waals surface area (Å²) in [6.07, 6.45) is 30.3. The van der Waals surface area contributed by atoms with Crippen LogP contribution in [-0.4, -0.2) is 34.1 Å². The molecule has 0 unspecified atom stereocenters. The summed E-state index contributed by atoms with van der Waals surface area (Å²) in [7, 11) is 2.32. The number of nitrogens with zero attached hydrogens (tertiary/aromatic N) is 1. The van der Waals surface area contributed by atoms with Crippen LogP contribution in [0.25, 0.3) is 0 Å². The molecule has 3 nitrogen and oxygen atoms in total. The van der Waals surface area contributed by atoms with E-state index in [-0.39, 0.29) is 0 Å². The van der Waals surface area contributed by atoms with Crippen molar-refractivity contribution in [3.05, 3.63) is 0 Å². The van der Waals surface area contributed by atoms with Crippen LogP contribution in [-0.2, 0) is 4.79 Å². The molecule has 0 aromatic heterocycles. The van der Waals surface area contributed by atoms with Crippen molar-refractivity contribution in [3.63, 3.8) is 0 Å². The molecular weight excluding hydrogens is 430 g/mol. The lowest BCUT2D eigenvalue weighted by atomic mass is 9.72. The molecule has 3 heteroatoms. The van der Waals surface area contributed by atoms with E-state index in [0.717, 1.165) is 18.8 Å². The molecule has 1 heterocycles. The maximum Gasteiger partial charge on any atom is 0.303 e. The molecule has 0 radical (unpaired) electrons. The van der Waals surface area contributed by atoms with Crippen molar-refractivity contribution < 1.29 is 9.90 Å². The van der Waals surface area contributed by atoms with Crippen LogP contribution < -0.4 is 0 Å². The summed E-state index contributed by atoms with van der Waals surface area (Å²) < 4.78 is 0. The Morgan fingerprint density at radius 3 is 1.20 bits per heavy atom. The van der Waals surface area contributed by atoms with Crippen molar-refractivity contribution in [2.24, 2.45) is 5.92 Å². The van der Waals surface area contributed by atoms with Gasteiger partial charge in [-0.3, -0.25) is 9.69 Å². The summed E-state index contributed by atoms with van der Waals surface area (Å²) in [6, 6.07) is 0. The smallest absolute Gasteiger partial charge is 0.303 e. The molecule has 0 aliphatic carbocycles. The third kappa shape index (κ3) is 16.0. The number of carboxylic acids is 1. The van der Waals surface area contributed by atoms with Crippen molar-refractivity contribution in [1.82, 2.24) is 4.90 Å². The molecule has 35 heavy (non-hydrogen) atoms. The minimum absolute atomic E-state index is 0.344. The fraction of sp³-hybridized carbons (Fsp3) is 0.969. The van der Waals surface area contributed by atoms with Gasteiger partial charge < -0.3 is 5.11 Å². The zero-order chi connectivity index (χ0) is 26.0. The first-order valence-electron chi connectivity index (χ1n) is 15.6. The van der Waals surface area contributed by atoms with Gasteiger partial charge in [0.05, 0.1) is 0 Å².